The van der Waals surface area contributed by atoms with E-state index in [4.69, 9.17) is 47.3 Å². The highest BCUT2D eigenvalue weighted by Crippen LogP contribution is 2.53. The molecule has 52 heavy (non-hydrogen) atoms. The number of hydrogen-bond donors (Lipinski definition) is 3. The van der Waals surface area contributed by atoms with Gasteiger partial charge in [-0.3, -0.25) is 4.79 Å². The number of ether oxygens (including phenoxy) is 4. The molecule has 1 aliphatic rings. The SMILES string of the molecule is COc1cc(C(=O)OCCOCCOCCO)ccc1NC(=O)[C@@H]1N[C@@H](CC(C)(C)C)[C@](C#N)(c2ccc(Cl)cc2F)[C@H]1c1cccc(Cl)c1F.Cl. The van der Waals surface area contributed by atoms with Crippen LogP contribution in [-0.4, -0.2) is 75.8 Å². The van der Waals surface area contributed by atoms with Crippen LogP contribution in [0.25, 0.3) is 0 Å². The van der Waals surface area contributed by atoms with Gasteiger partial charge in [0.2, 0.25) is 5.91 Å². The van der Waals surface area contributed by atoms with E-state index in [0.717, 1.165) is 6.07 Å². The second-order valence-electron chi connectivity index (χ2n) is 13.2. The van der Waals surface area contributed by atoms with Crippen LogP contribution < -0.4 is 15.4 Å². The highest BCUT2D eigenvalue weighted by atomic mass is 35.5. The Hall–Kier alpha value is -3.54. The maximum absolute atomic E-state index is 16.0. The first-order valence-electron chi connectivity index (χ1n) is 16.3. The van der Waals surface area contributed by atoms with E-state index in [1.807, 2.05) is 20.8 Å². The summed E-state index contributed by atoms with van der Waals surface area (Å²) < 4.78 is 53.1. The zero-order chi connectivity index (χ0) is 37.3. The minimum atomic E-state index is -1.80. The molecule has 10 nitrogen and oxygen atoms in total. The first kappa shape index (κ1) is 42.9. The van der Waals surface area contributed by atoms with Gasteiger partial charge in [0.05, 0.1) is 68.5 Å². The number of methoxy groups -OCH3 is 1. The third kappa shape index (κ3) is 9.90. The fourth-order valence-electron chi connectivity index (χ4n) is 6.35. The molecule has 3 aromatic rings. The topological polar surface area (TPSA) is 139 Å². The number of aliphatic hydroxyl groups excluding tert-OH is 1. The average molecular weight is 785 g/mol. The molecule has 282 valence electrons. The van der Waals surface area contributed by atoms with Crippen molar-refractivity contribution in [3.05, 3.63) is 93.0 Å². The van der Waals surface area contributed by atoms with E-state index in [1.54, 1.807) is 0 Å². The number of nitriles is 1. The number of anilines is 1. The zero-order valence-corrected chi connectivity index (χ0v) is 31.5. The number of hydrogen-bond acceptors (Lipinski definition) is 9. The van der Waals surface area contributed by atoms with Gasteiger partial charge in [0.15, 0.2) is 0 Å². The summed E-state index contributed by atoms with van der Waals surface area (Å²) in [5, 5.41) is 25.7. The predicted molar refractivity (Wildman–Crippen MR) is 196 cm³/mol. The van der Waals surface area contributed by atoms with Gasteiger partial charge in [-0.05, 0) is 53.8 Å². The van der Waals surface area contributed by atoms with Crippen LogP contribution in [0.4, 0.5) is 14.5 Å². The fraction of sp³-hybridized carbons (Fsp3) is 0.432. The predicted octanol–water partition coefficient (Wildman–Crippen LogP) is 6.84. The Morgan fingerprint density at radius 1 is 1.02 bits per heavy atom. The van der Waals surface area contributed by atoms with Crippen LogP contribution in [0.3, 0.4) is 0 Å². The minimum Gasteiger partial charge on any atom is -0.495 e. The first-order chi connectivity index (χ1) is 24.3. The summed E-state index contributed by atoms with van der Waals surface area (Å²) in [5.74, 6) is -4.09. The van der Waals surface area contributed by atoms with Crippen LogP contribution in [0.2, 0.25) is 10.0 Å². The molecule has 0 saturated carbocycles. The average Bonchev–Trinajstić information content (AvgIpc) is 3.40. The van der Waals surface area contributed by atoms with Gasteiger partial charge in [-0.2, -0.15) is 5.26 Å². The van der Waals surface area contributed by atoms with Crippen molar-refractivity contribution in [3.63, 3.8) is 0 Å². The highest BCUT2D eigenvalue weighted by Gasteiger charge is 2.61. The second-order valence-corrected chi connectivity index (χ2v) is 14.0. The summed E-state index contributed by atoms with van der Waals surface area (Å²) in [4.78, 5) is 27.0. The molecule has 4 atom stereocenters. The van der Waals surface area contributed by atoms with Gasteiger partial charge in [-0.25, -0.2) is 13.6 Å². The molecular formula is C37H42Cl3F2N3O7. The monoisotopic (exact) mass is 783 g/mol. The smallest absolute Gasteiger partial charge is 0.338 e. The quantitative estimate of drug-likeness (QED) is 0.112. The van der Waals surface area contributed by atoms with Crippen LogP contribution in [0.1, 0.15) is 54.6 Å². The summed E-state index contributed by atoms with van der Waals surface area (Å²) in [5.41, 5.74) is -1.99. The molecule has 0 spiro atoms. The lowest BCUT2D eigenvalue weighted by Crippen LogP contribution is -2.45. The van der Waals surface area contributed by atoms with Gasteiger partial charge in [-0.1, -0.05) is 62.2 Å². The molecule has 0 aromatic heterocycles. The molecular weight excluding hydrogens is 743 g/mol. The maximum atomic E-state index is 16.0. The molecule has 1 aliphatic heterocycles. The summed E-state index contributed by atoms with van der Waals surface area (Å²) in [6.07, 6.45) is 0.299. The fourth-order valence-corrected chi connectivity index (χ4v) is 6.69. The summed E-state index contributed by atoms with van der Waals surface area (Å²) in [6, 6.07) is 12.7. The van der Waals surface area contributed by atoms with Crippen molar-refractivity contribution in [2.75, 3.05) is 52.1 Å². The third-order valence-electron chi connectivity index (χ3n) is 8.50. The molecule has 0 radical (unpaired) electrons. The molecule has 3 N–H and O–H groups in total. The van der Waals surface area contributed by atoms with E-state index in [0.29, 0.717) is 6.42 Å². The van der Waals surface area contributed by atoms with E-state index in [9.17, 15) is 14.9 Å². The number of esters is 1. The van der Waals surface area contributed by atoms with Crippen LogP contribution >= 0.6 is 35.6 Å². The van der Waals surface area contributed by atoms with Crippen molar-refractivity contribution in [1.82, 2.24) is 5.32 Å². The molecule has 0 unspecified atom stereocenters. The Kier molecular flexibility index (Phi) is 15.7. The standard InChI is InChI=1S/C37H41Cl2F2N3O7.ClH/c1-36(2,3)20-30-37(21-42,25-10-9-23(38)19-27(25)40)31(24-6-5-7-26(39)32(24)41)33(44-30)34(46)43-28-11-8-22(18-29(28)48-4)35(47)51-17-16-50-15-14-49-13-12-45;/h5-11,18-19,30-31,33,44-45H,12-17,20H2,1-4H3,(H,43,46);1H/t30-,31-,33+,37-;/m0./s1. The van der Waals surface area contributed by atoms with Crippen LogP contribution in [0.5, 0.6) is 5.75 Å². The normalized spacial score (nSPS) is 19.7. The number of halogens is 5. The number of amides is 1. The molecule has 1 amide bonds. The maximum Gasteiger partial charge on any atom is 0.338 e. The first-order valence-corrected chi connectivity index (χ1v) is 17.0. The van der Waals surface area contributed by atoms with Crippen molar-refractivity contribution >= 4 is 53.2 Å². The molecule has 1 saturated heterocycles. The van der Waals surface area contributed by atoms with Gasteiger partial charge < -0.3 is 34.7 Å². The van der Waals surface area contributed by atoms with Crippen molar-refractivity contribution in [3.8, 4) is 11.8 Å². The Bertz CT molecular complexity index is 1750. The van der Waals surface area contributed by atoms with E-state index in [2.05, 4.69) is 16.7 Å². The molecule has 1 heterocycles. The van der Waals surface area contributed by atoms with Crippen LogP contribution in [0, 0.1) is 28.4 Å². The van der Waals surface area contributed by atoms with Gasteiger partial charge in [-0.15, -0.1) is 12.4 Å². The lowest BCUT2D eigenvalue weighted by molar-refractivity contribution is -0.118. The van der Waals surface area contributed by atoms with Gasteiger partial charge in [0, 0.05) is 22.5 Å². The van der Waals surface area contributed by atoms with E-state index in [1.165, 1.54) is 55.6 Å². The Morgan fingerprint density at radius 2 is 1.71 bits per heavy atom. The van der Waals surface area contributed by atoms with Crippen molar-refractivity contribution < 1.29 is 42.4 Å². The molecule has 15 heteroatoms. The van der Waals surface area contributed by atoms with Crippen molar-refractivity contribution in [2.24, 2.45) is 5.41 Å². The summed E-state index contributed by atoms with van der Waals surface area (Å²) >= 11 is 12.3. The highest BCUT2D eigenvalue weighted by molar-refractivity contribution is 6.31. The Morgan fingerprint density at radius 3 is 2.35 bits per heavy atom. The van der Waals surface area contributed by atoms with E-state index in [-0.39, 0.29) is 90.2 Å². The van der Waals surface area contributed by atoms with Crippen LogP contribution in [-0.2, 0) is 24.4 Å². The zero-order valence-electron chi connectivity index (χ0n) is 29.1. The molecule has 1 fully saturated rings. The number of carbonyl (C=O) groups is 2. The summed E-state index contributed by atoms with van der Waals surface area (Å²) in [7, 11) is 1.36. The van der Waals surface area contributed by atoms with Gasteiger partial charge >= 0.3 is 5.97 Å². The second kappa shape index (κ2) is 19.0. The largest absolute Gasteiger partial charge is 0.495 e. The van der Waals surface area contributed by atoms with Crippen molar-refractivity contribution in [1.29, 1.82) is 5.26 Å². The lowest BCUT2D eigenvalue weighted by atomic mass is 9.62. The van der Waals surface area contributed by atoms with Crippen molar-refractivity contribution in [2.45, 2.75) is 50.6 Å². The molecule has 4 rings (SSSR count). The number of aliphatic hydroxyl groups is 1. The summed E-state index contributed by atoms with van der Waals surface area (Å²) in [6.45, 7) is 6.60. The number of nitrogens with zero attached hydrogens (tertiary/aromatic N) is 1. The van der Waals surface area contributed by atoms with Gasteiger partial charge in [0.1, 0.15) is 29.4 Å². The minimum absolute atomic E-state index is 0. The number of nitrogens with one attached hydrogen (secondary N) is 2. The van der Waals surface area contributed by atoms with E-state index >= 15 is 8.78 Å². The number of rotatable bonds is 15. The lowest BCUT2D eigenvalue weighted by Gasteiger charge is -2.37. The number of benzene rings is 3. The number of carbonyl (C=O) groups excluding carboxylic acids is 2. The van der Waals surface area contributed by atoms with Gasteiger partial charge in [0.25, 0.3) is 0 Å². The van der Waals surface area contributed by atoms with E-state index < -0.39 is 52.3 Å². The Balaban J connectivity index is 0.00000729. The molecule has 3 aromatic carbocycles. The molecule has 0 aliphatic carbocycles. The molecule has 0 bridgehead atoms. The Labute approximate surface area is 318 Å². The van der Waals surface area contributed by atoms with Crippen LogP contribution in [0.15, 0.2) is 54.6 Å². The third-order valence-corrected chi connectivity index (χ3v) is 9.02.